The smallest absolute Gasteiger partial charge is 0.283 e. The van der Waals surface area contributed by atoms with E-state index < -0.39 is 0 Å². The Morgan fingerprint density at radius 2 is 2.29 bits per heavy atom. The number of rotatable bonds is 4. The highest BCUT2D eigenvalue weighted by Gasteiger charge is 2.19. The molecule has 1 heterocycles. The molecule has 1 fully saturated rings. The summed E-state index contributed by atoms with van der Waals surface area (Å²) in [6, 6.07) is 0.508. The Labute approximate surface area is 110 Å². The molecule has 94 valence electrons. The number of aromatic nitrogens is 2. The predicted molar refractivity (Wildman–Crippen MR) is 72.3 cm³/mol. The van der Waals surface area contributed by atoms with E-state index in [2.05, 4.69) is 40.2 Å². The SMILES string of the molecule is CC(C)Cn1ncc(NC2CCC2)c(Br)c1=O. The molecule has 2 rings (SSSR count). The maximum atomic E-state index is 12.0. The molecule has 0 amide bonds. The Kier molecular flexibility index (Phi) is 3.86. The highest BCUT2D eigenvalue weighted by atomic mass is 79.9. The first kappa shape index (κ1) is 12.6. The maximum Gasteiger partial charge on any atom is 0.283 e. The van der Waals surface area contributed by atoms with Crippen LogP contribution in [-0.2, 0) is 6.54 Å². The molecule has 17 heavy (non-hydrogen) atoms. The molecule has 1 aliphatic rings. The Balaban J connectivity index is 2.19. The van der Waals surface area contributed by atoms with Gasteiger partial charge in [0.2, 0.25) is 0 Å². The first-order valence-corrected chi connectivity index (χ1v) is 6.89. The first-order valence-electron chi connectivity index (χ1n) is 6.10. The van der Waals surface area contributed by atoms with E-state index in [0.717, 1.165) is 5.69 Å². The molecule has 0 aromatic carbocycles. The van der Waals surface area contributed by atoms with Gasteiger partial charge in [-0.2, -0.15) is 5.10 Å². The molecule has 5 heteroatoms. The lowest BCUT2D eigenvalue weighted by atomic mass is 9.93. The molecule has 1 aromatic rings. The van der Waals surface area contributed by atoms with Crippen LogP contribution in [0.15, 0.2) is 15.5 Å². The molecule has 1 aliphatic carbocycles. The van der Waals surface area contributed by atoms with Gasteiger partial charge < -0.3 is 5.32 Å². The van der Waals surface area contributed by atoms with Crippen LogP contribution >= 0.6 is 15.9 Å². The van der Waals surface area contributed by atoms with E-state index in [1.54, 1.807) is 6.20 Å². The van der Waals surface area contributed by atoms with Crippen LogP contribution in [0.5, 0.6) is 0 Å². The zero-order chi connectivity index (χ0) is 12.4. The molecule has 0 bridgehead atoms. The summed E-state index contributed by atoms with van der Waals surface area (Å²) in [7, 11) is 0. The summed E-state index contributed by atoms with van der Waals surface area (Å²) in [5.74, 6) is 0.414. The van der Waals surface area contributed by atoms with Gasteiger partial charge in [-0.3, -0.25) is 4.79 Å². The predicted octanol–water partition coefficient (Wildman–Crippen LogP) is 2.63. The molecule has 0 spiro atoms. The van der Waals surface area contributed by atoms with Crippen molar-refractivity contribution in [2.75, 3.05) is 5.32 Å². The van der Waals surface area contributed by atoms with E-state index in [1.807, 2.05) is 0 Å². The molecule has 0 radical (unpaired) electrons. The van der Waals surface area contributed by atoms with Crippen molar-refractivity contribution in [3.8, 4) is 0 Å². The van der Waals surface area contributed by atoms with Crippen LogP contribution in [0.3, 0.4) is 0 Å². The molecule has 1 N–H and O–H groups in total. The number of nitrogens with one attached hydrogen (secondary N) is 1. The van der Waals surface area contributed by atoms with Crippen LogP contribution in [0.1, 0.15) is 33.1 Å². The third-order valence-electron chi connectivity index (χ3n) is 2.99. The number of hydrogen-bond donors (Lipinski definition) is 1. The van der Waals surface area contributed by atoms with Crippen LogP contribution in [-0.4, -0.2) is 15.8 Å². The zero-order valence-corrected chi connectivity index (χ0v) is 11.8. The van der Waals surface area contributed by atoms with E-state index in [0.29, 0.717) is 23.0 Å². The molecular formula is C12H18BrN3O. The Hall–Kier alpha value is -0.840. The van der Waals surface area contributed by atoms with Gasteiger partial charge in [-0.25, -0.2) is 4.68 Å². The average Bonchev–Trinajstić information content (AvgIpc) is 2.21. The Morgan fingerprint density at radius 3 is 2.82 bits per heavy atom. The molecule has 4 nitrogen and oxygen atoms in total. The fraction of sp³-hybridized carbons (Fsp3) is 0.667. The number of anilines is 1. The summed E-state index contributed by atoms with van der Waals surface area (Å²) in [4.78, 5) is 12.0. The summed E-state index contributed by atoms with van der Waals surface area (Å²) in [5, 5.41) is 7.55. The maximum absolute atomic E-state index is 12.0. The molecular weight excluding hydrogens is 282 g/mol. The molecule has 1 aromatic heterocycles. The van der Waals surface area contributed by atoms with Crippen molar-refractivity contribution in [2.24, 2.45) is 5.92 Å². The largest absolute Gasteiger partial charge is 0.380 e. The fourth-order valence-electron chi connectivity index (χ4n) is 1.81. The van der Waals surface area contributed by atoms with Crippen molar-refractivity contribution in [3.05, 3.63) is 21.0 Å². The molecule has 0 aliphatic heterocycles. The van der Waals surface area contributed by atoms with Crippen molar-refractivity contribution in [1.82, 2.24) is 9.78 Å². The van der Waals surface area contributed by atoms with E-state index in [4.69, 9.17) is 0 Å². The van der Waals surface area contributed by atoms with E-state index >= 15 is 0 Å². The van der Waals surface area contributed by atoms with Gasteiger partial charge in [0, 0.05) is 12.6 Å². The molecule has 0 saturated heterocycles. The van der Waals surface area contributed by atoms with Crippen molar-refractivity contribution < 1.29 is 0 Å². The summed E-state index contributed by atoms with van der Waals surface area (Å²) < 4.78 is 2.11. The van der Waals surface area contributed by atoms with Crippen molar-refractivity contribution in [3.63, 3.8) is 0 Å². The number of nitrogens with zero attached hydrogens (tertiary/aromatic N) is 2. The first-order chi connectivity index (χ1) is 8.08. The van der Waals surface area contributed by atoms with Gasteiger partial charge >= 0.3 is 0 Å². The van der Waals surface area contributed by atoms with Crippen molar-refractivity contribution in [1.29, 1.82) is 0 Å². The lowest BCUT2D eigenvalue weighted by Gasteiger charge is -2.27. The van der Waals surface area contributed by atoms with Crippen LogP contribution < -0.4 is 10.9 Å². The van der Waals surface area contributed by atoms with Gasteiger partial charge in [0.05, 0.1) is 11.9 Å². The van der Waals surface area contributed by atoms with Crippen molar-refractivity contribution >= 4 is 21.6 Å². The number of halogens is 1. The van der Waals surface area contributed by atoms with Crippen LogP contribution in [0.4, 0.5) is 5.69 Å². The minimum absolute atomic E-state index is 0.0528. The minimum atomic E-state index is -0.0528. The van der Waals surface area contributed by atoms with E-state index in [9.17, 15) is 4.79 Å². The number of hydrogen-bond acceptors (Lipinski definition) is 3. The van der Waals surface area contributed by atoms with Gasteiger partial charge in [-0.05, 0) is 41.1 Å². The summed E-state index contributed by atoms with van der Waals surface area (Å²) in [5.41, 5.74) is 0.766. The highest BCUT2D eigenvalue weighted by Crippen LogP contribution is 2.25. The molecule has 0 unspecified atom stereocenters. The monoisotopic (exact) mass is 299 g/mol. The fourth-order valence-corrected chi connectivity index (χ4v) is 2.24. The van der Waals surface area contributed by atoms with Gasteiger partial charge in [0.15, 0.2) is 0 Å². The molecule has 1 saturated carbocycles. The zero-order valence-electron chi connectivity index (χ0n) is 10.2. The minimum Gasteiger partial charge on any atom is -0.380 e. The highest BCUT2D eigenvalue weighted by molar-refractivity contribution is 9.10. The second kappa shape index (κ2) is 5.21. The van der Waals surface area contributed by atoms with Gasteiger partial charge in [0.25, 0.3) is 5.56 Å². The topological polar surface area (TPSA) is 46.9 Å². The average molecular weight is 300 g/mol. The van der Waals surface area contributed by atoms with Gasteiger partial charge in [-0.1, -0.05) is 13.8 Å². The van der Waals surface area contributed by atoms with Crippen molar-refractivity contribution in [2.45, 2.75) is 45.7 Å². The summed E-state index contributed by atoms with van der Waals surface area (Å²) in [6.45, 7) is 4.80. The summed E-state index contributed by atoms with van der Waals surface area (Å²) in [6.07, 6.45) is 5.38. The second-order valence-electron chi connectivity index (χ2n) is 5.03. The van der Waals surface area contributed by atoms with Crippen LogP contribution in [0.2, 0.25) is 0 Å². The van der Waals surface area contributed by atoms with Crippen LogP contribution in [0, 0.1) is 5.92 Å². The van der Waals surface area contributed by atoms with Crippen LogP contribution in [0.25, 0.3) is 0 Å². The quantitative estimate of drug-likeness (QED) is 0.930. The Morgan fingerprint density at radius 1 is 1.59 bits per heavy atom. The van der Waals surface area contributed by atoms with Gasteiger partial charge in [0.1, 0.15) is 4.47 Å². The molecule has 0 atom stereocenters. The lowest BCUT2D eigenvalue weighted by molar-refractivity contribution is 0.442. The van der Waals surface area contributed by atoms with Gasteiger partial charge in [-0.15, -0.1) is 0 Å². The van der Waals surface area contributed by atoms with E-state index in [-0.39, 0.29) is 5.56 Å². The lowest BCUT2D eigenvalue weighted by Crippen LogP contribution is -2.31. The standard InChI is InChI=1S/C12H18BrN3O/c1-8(2)7-16-12(17)11(13)10(6-14-16)15-9-4-3-5-9/h6,8-9,15H,3-5,7H2,1-2H3. The van der Waals surface area contributed by atoms with E-state index in [1.165, 1.54) is 23.9 Å². The second-order valence-corrected chi connectivity index (χ2v) is 5.82. The summed E-state index contributed by atoms with van der Waals surface area (Å²) >= 11 is 3.37. The Bertz CT molecular complexity index is 452. The normalized spacial score (nSPS) is 16.0. The third kappa shape index (κ3) is 2.89. The third-order valence-corrected chi connectivity index (χ3v) is 3.75.